The number of nitrogens with zero attached hydrogens (tertiary/aromatic N) is 4. The first-order valence-electron chi connectivity index (χ1n) is 12.1. The smallest absolute Gasteiger partial charge is 0.187 e. The second kappa shape index (κ2) is 13.2. The molecule has 0 atom stereocenters. The van der Waals surface area contributed by atoms with Crippen molar-refractivity contribution in [1.82, 2.24) is 9.91 Å². The van der Waals surface area contributed by atoms with E-state index < -0.39 is 0 Å². The highest BCUT2D eigenvalue weighted by atomic mass is 32.1. The zero-order valence-corrected chi connectivity index (χ0v) is 21.1. The van der Waals surface area contributed by atoms with Crippen LogP contribution in [0.4, 0.5) is 10.1 Å². The molecule has 1 aliphatic heterocycles. The second-order valence-corrected chi connectivity index (χ2v) is 8.84. The van der Waals surface area contributed by atoms with Crippen LogP contribution >= 0.6 is 12.2 Å². The number of benzene rings is 2. The van der Waals surface area contributed by atoms with Crippen LogP contribution in [0.25, 0.3) is 0 Å². The SMILES string of the molecule is CCN(CC)c1ccc(C=NN(CCN2CCCCC2)C(N)=S)c(OCc2ccc(F)cc2)c1. The van der Waals surface area contributed by atoms with E-state index in [2.05, 4.69) is 34.8 Å². The Balaban J connectivity index is 1.76. The van der Waals surface area contributed by atoms with Crippen LogP contribution in [0.5, 0.6) is 5.75 Å². The third-order valence-electron chi connectivity index (χ3n) is 6.10. The van der Waals surface area contributed by atoms with Gasteiger partial charge in [0.05, 0.1) is 12.8 Å². The molecule has 2 N–H and O–H groups in total. The Morgan fingerprint density at radius 3 is 2.47 bits per heavy atom. The number of ether oxygens (including phenoxy) is 1. The van der Waals surface area contributed by atoms with Crippen LogP contribution in [0.2, 0.25) is 0 Å². The molecule has 1 fully saturated rings. The third-order valence-corrected chi connectivity index (χ3v) is 6.31. The van der Waals surface area contributed by atoms with Crippen LogP contribution in [0.3, 0.4) is 0 Å². The van der Waals surface area contributed by atoms with Gasteiger partial charge in [0.1, 0.15) is 18.2 Å². The van der Waals surface area contributed by atoms with Crippen molar-refractivity contribution < 1.29 is 9.13 Å². The van der Waals surface area contributed by atoms with E-state index >= 15 is 0 Å². The number of rotatable bonds is 11. The van der Waals surface area contributed by atoms with Gasteiger partial charge in [-0.05, 0) is 81.8 Å². The largest absolute Gasteiger partial charge is 0.488 e. The minimum absolute atomic E-state index is 0.252. The van der Waals surface area contributed by atoms with Gasteiger partial charge in [0.2, 0.25) is 0 Å². The Labute approximate surface area is 208 Å². The molecule has 2 aromatic rings. The molecule has 3 rings (SSSR count). The first-order chi connectivity index (χ1) is 16.5. The van der Waals surface area contributed by atoms with Gasteiger partial charge in [-0.3, -0.25) is 0 Å². The number of hydrogen-bond acceptors (Lipinski definition) is 5. The fraction of sp³-hybridized carbons (Fsp3) is 0.462. The summed E-state index contributed by atoms with van der Waals surface area (Å²) in [5, 5.41) is 6.52. The van der Waals surface area contributed by atoms with Crippen molar-refractivity contribution in [1.29, 1.82) is 0 Å². The van der Waals surface area contributed by atoms with E-state index in [-0.39, 0.29) is 10.9 Å². The number of piperidine rings is 1. The molecule has 1 heterocycles. The molecule has 34 heavy (non-hydrogen) atoms. The van der Waals surface area contributed by atoms with Gasteiger partial charge in [-0.15, -0.1) is 0 Å². The summed E-state index contributed by atoms with van der Waals surface area (Å²) in [6.07, 6.45) is 5.53. The van der Waals surface area contributed by atoms with Crippen LogP contribution in [0, 0.1) is 5.82 Å². The van der Waals surface area contributed by atoms with Gasteiger partial charge >= 0.3 is 0 Å². The van der Waals surface area contributed by atoms with Crippen molar-refractivity contribution in [3.05, 3.63) is 59.4 Å². The molecule has 1 saturated heterocycles. The first kappa shape index (κ1) is 25.9. The minimum Gasteiger partial charge on any atom is -0.488 e. The van der Waals surface area contributed by atoms with Crippen LogP contribution in [-0.4, -0.2) is 60.5 Å². The number of halogens is 1. The summed E-state index contributed by atoms with van der Waals surface area (Å²) in [5.41, 5.74) is 8.76. The average molecular weight is 486 g/mol. The van der Waals surface area contributed by atoms with Gasteiger partial charge in [0.15, 0.2) is 5.11 Å². The van der Waals surface area contributed by atoms with Gasteiger partial charge in [-0.1, -0.05) is 18.6 Å². The monoisotopic (exact) mass is 485 g/mol. The summed E-state index contributed by atoms with van der Waals surface area (Å²) in [4.78, 5) is 4.69. The van der Waals surface area contributed by atoms with Crippen molar-refractivity contribution in [2.75, 3.05) is 44.2 Å². The summed E-state index contributed by atoms with van der Waals surface area (Å²) in [7, 11) is 0. The molecule has 0 saturated carbocycles. The lowest BCUT2D eigenvalue weighted by Crippen LogP contribution is -2.40. The van der Waals surface area contributed by atoms with Gasteiger partial charge in [0.25, 0.3) is 0 Å². The normalized spacial score (nSPS) is 14.3. The standard InChI is InChI=1S/C26H36FN5OS/c1-3-31(4-2)24-13-10-22(25(18-24)33-20-21-8-11-23(27)12-9-21)19-29-32(26(28)34)17-16-30-14-6-5-7-15-30/h8-13,18-19H,3-7,14-17,20H2,1-2H3,(H2,28,34). The van der Waals surface area contributed by atoms with E-state index in [4.69, 9.17) is 22.7 Å². The van der Waals surface area contributed by atoms with E-state index in [1.807, 2.05) is 12.1 Å². The lowest BCUT2D eigenvalue weighted by atomic mass is 10.1. The lowest BCUT2D eigenvalue weighted by Gasteiger charge is -2.28. The molecule has 0 aromatic heterocycles. The fourth-order valence-corrected chi connectivity index (χ4v) is 4.20. The summed E-state index contributed by atoms with van der Waals surface area (Å²) in [6, 6.07) is 12.4. The Kier molecular flexibility index (Phi) is 10.1. The van der Waals surface area contributed by atoms with Crippen molar-refractivity contribution in [3.8, 4) is 5.75 Å². The molecule has 0 bridgehead atoms. The number of thiocarbonyl (C=S) groups is 1. The Morgan fingerprint density at radius 1 is 1.12 bits per heavy atom. The molecule has 0 radical (unpaired) electrons. The molecule has 184 valence electrons. The lowest BCUT2D eigenvalue weighted by molar-refractivity contribution is 0.212. The molecular formula is C26H36FN5OS. The molecule has 2 aromatic carbocycles. The number of nitrogens with two attached hydrogens (primary N) is 1. The number of likely N-dealkylation sites (tertiary alicyclic amines) is 1. The molecular weight excluding hydrogens is 449 g/mol. The maximum absolute atomic E-state index is 13.3. The highest BCUT2D eigenvalue weighted by Crippen LogP contribution is 2.26. The van der Waals surface area contributed by atoms with Gasteiger partial charge in [0, 0.05) is 37.0 Å². The summed E-state index contributed by atoms with van der Waals surface area (Å²) in [6.45, 7) is 10.1. The van der Waals surface area contributed by atoms with Crippen molar-refractivity contribution in [3.63, 3.8) is 0 Å². The fourth-order valence-electron chi connectivity index (χ4n) is 4.06. The van der Waals surface area contributed by atoms with Crippen LogP contribution in [-0.2, 0) is 6.61 Å². The maximum Gasteiger partial charge on any atom is 0.187 e. The summed E-state index contributed by atoms with van der Waals surface area (Å²) >= 11 is 5.25. The van der Waals surface area contributed by atoms with E-state index in [1.165, 1.54) is 31.4 Å². The number of hydrazone groups is 1. The van der Waals surface area contributed by atoms with E-state index in [0.29, 0.717) is 18.9 Å². The zero-order valence-electron chi connectivity index (χ0n) is 20.3. The van der Waals surface area contributed by atoms with Crippen molar-refractivity contribution >= 4 is 29.2 Å². The third kappa shape index (κ3) is 7.67. The second-order valence-electron chi connectivity index (χ2n) is 8.42. The molecule has 0 aliphatic carbocycles. The van der Waals surface area contributed by atoms with Crippen molar-refractivity contribution in [2.45, 2.75) is 39.7 Å². The highest BCUT2D eigenvalue weighted by Gasteiger charge is 2.13. The van der Waals surface area contributed by atoms with E-state index in [1.54, 1.807) is 23.4 Å². The predicted molar refractivity (Wildman–Crippen MR) is 142 cm³/mol. The maximum atomic E-state index is 13.3. The summed E-state index contributed by atoms with van der Waals surface area (Å²) in [5.74, 6) is 0.443. The summed E-state index contributed by atoms with van der Waals surface area (Å²) < 4.78 is 19.4. The Hall–Kier alpha value is -2.71. The quantitative estimate of drug-likeness (QED) is 0.285. The van der Waals surface area contributed by atoms with Gasteiger partial charge < -0.3 is 20.3 Å². The van der Waals surface area contributed by atoms with E-state index in [0.717, 1.165) is 49.5 Å². The zero-order chi connectivity index (χ0) is 24.3. The average Bonchev–Trinajstić information content (AvgIpc) is 2.85. The topological polar surface area (TPSA) is 57.3 Å². The minimum atomic E-state index is -0.262. The Bertz CT molecular complexity index is 943. The number of anilines is 1. The van der Waals surface area contributed by atoms with Crippen LogP contribution in [0.1, 0.15) is 44.2 Å². The van der Waals surface area contributed by atoms with Crippen LogP contribution in [0.15, 0.2) is 47.6 Å². The van der Waals surface area contributed by atoms with Gasteiger partial charge in [-0.2, -0.15) is 5.10 Å². The predicted octanol–water partition coefficient (Wildman–Crippen LogP) is 4.62. The van der Waals surface area contributed by atoms with Gasteiger partial charge in [-0.25, -0.2) is 9.40 Å². The van der Waals surface area contributed by atoms with Crippen LogP contribution < -0.4 is 15.4 Å². The number of hydrogen-bond donors (Lipinski definition) is 1. The molecule has 6 nitrogen and oxygen atoms in total. The highest BCUT2D eigenvalue weighted by molar-refractivity contribution is 7.80. The van der Waals surface area contributed by atoms with E-state index in [9.17, 15) is 4.39 Å². The first-order valence-corrected chi connectivity index (χ1v) is 12.5. The Morgan fingerprint density at radius 2 is 1.82 bits per heavy atom. The van der Waals surface area contributed by atoms with Crippen molar-refractivity contribution in [2.24, 2.45) is 10.8 Å². The molecule has 0 spiro atoms. The molecule has 0 unspecified atom stereocenters. The molecule has 0 amide bonds. The molecule has 1 aliphatic rings. The molecule has 8 heteroatoms.